The molecule has 6 heteroatoms. The Bertz CT molecular complexity index is 326. The number of nitrogens with zero attached hydrogens (tertiary/aromatic N) is 3. The highest BCUT2D eigenvalue weighted by molar-refractivity contribution is 14.1. The van der Waals surface area contributed by atoms with Crippen LogP contribution in [0, 0.1) is 15.0 Å². The first kappa shape index (κ1) is 10.0. The van der Waals surface area contributed by atoms with Crippen molar-refractivity contribution in [3.8, 4) is 6.07 Å². The first-order valence-electron chi connectivity index (χ1n) is 2.86. The van der Waals surface area contributed by atoms with E-state index in [9.17, 15) is 0 Å². The molecule has 0 aliphatic carbocycles. The van der Waals surface area contributed by atoms with Crippen LogP contribution in [-0.2, 0) is 0 Å². The Kier molecular flexibility index (Phi) is 3.55. The van der Waals surface area contributed by atoms with Gasteiger partial charge in [-0.15, -0.1) is 0 Å². The minimum absolute atomic E-state index is 0.223. The number of thioether (sulfide) groups is 1. The third-order valence-corrected chi connectivity index (χ3v) is 2.70. The lowest BCUT2D eigenvalue weighted by atomic mass is 10.4. The van der Waals surface area contributed by atoms with Crippen molar-refractivity contribution in [2.45, 2.75) is 5.16 Å². The summed E-state index contributed by atoms with van der Waals surface area (Å²) in [6, 6.07) is 1.94. The van der Waals surface area contributed by atoms with Crippen LogP contribution >= 0.6 is 46.0 Å². The fourth-order valence-corrected chi connectivity index (χ4v) is 2.13. The zero-order valence-electron chi connectivity index (χ0n) is 6.01. The van der Waals surface area contributed by atoms with Crippen LogP contribution in [0.25, 0.3) is 0 Å². The van der Waals surface area contributed by atoms with Crippen LogP contribution in [0.3, 0.4) is 0 Å². The molecule has 1 heterocycles. The zero-order valence-corrected chi connectivity index (χ0v) is 9.74. The summed E-state index contributed by atoms with van der Waals surface area (Å²) in [6.07, 6.45) is 1.85. The highest BCUT2D eigenvalue weighted by atomic mass is 127. The van der Waals surface area contributed by atoms with Crippen molar-refractivity contribution in [1.82, 2.24) is 9.97 Å². The third-order valence-electron chi connectivity index (χ3n) is 1.09. The van der Waals surface area contributed by atoms with Gasteiger partial charge < -0.3 is 0 Å². The molecule has 0 spiro atoms. The van der Waals surface area contributed by atoms with Crippen molar-refractivity contribution in [1.29, 1.82) is 5.26 Å². The second kappa shape index (κ2) is 4.25. The summed E-state index contributed by atoms with van der Waals surface area (Å²) in [5.74, 6) is 0. The molecule has 0 amide bonds. The molecule has 0 radical (unpaired) electrons. The van der Waals surface area contributed by atoms with Gasteiger partial charge in [0.25, 0.3) is 0 Å². The number of hydrogen-bond acceptors (Lipinski definition) is 4. The highest BCUT2D eigenvalue weighted by Crippen LogP contribution is 2.20. The van der Waals surface area contributed by atoms with Gasteiger partial charge in [-0.1, -0.05) is 23.4 Å². The Balaban J connectivity index is 3.30. The maximum atomic E-state index is 8.64. The van der Waals surface area contributed by atoms with Crippen LogP contribution in [0.1, 0.15) is 5.56 Å². The lowest BCUT2D eigenvalue weighted by Crippen LogP contribution is -1.95. The fourth-order valence-electron chi connectivity index (χ4n) is 0.573. The van der Waals surface area contributed by atoms with Gasteiger partial charge in [0.05, 0.1) is 0 Å². The monoisotopic (exact) mass is 311 g/mol. The number of rotatable bonds is 1. The van der Waals surface area contributed by atoms with Gasteiger partial charge in [0.15, 0.2) is 10.3 Å². The first-order valence-corrected chi connectivity index (χ1v) is 5.54. The lowest BCUT2D eigenvalue weighted by Gasteiger charge is -1.99. The molecule has 1 aromatic heterocycles. The Morgan fingerprint density at radius 1 is 1.58 bits per heavy atom. The molecule has 0 aliphatic heterocycles. The topological polar surface area (TPSA) is 49.6 Å². The van der Waals surface area contributed by atoms with Crippen molar-refractivity contribution in [3.63, 3.8) is 0 Å². The first-order chi connectivity index (χ1) is 5.69. The van der Waals surface area contributed by atoms with Gasteiger partial charge >= 0.3 is 0 Å². The van der Waals surface area contributed by atoms with E-state index in [-0.39, 0.29) is 5.15 Å². The minimum Gasteiger partial charge on any atom is -0.215 e. The molecule has 3 nitrogen and oxygen atoms in total. The average Bonchev–Trinajstić information content (AvgIpc) is 2.03. The normalized spacial score (nSPS) is 9.50. The summed E-state index contributed by atoms with van der Waals surface area (Å²) in [5.41, 5.74) is 0.343. The van der Waals surface area contributed by atoms with E-state index in [0.717, 1.165) is 0 Å². The molecule has 0 fully saturated rings. The van der Waals surface area contributed by atoms with Crippen molar-refractivity contribution >= 4 is 46.0 Å². The van der Waals surface area contributed by atoms with Gasteiger partial charge in [-0.05, 0) is 28.8 Å². The van der Waals surface area contributed by atoms with E-state index in [1.807, 2.05) is 34.9 Å². The van der Waals surface area contributed by atoms with Crippen molar-refractivity contribution in [3.05, 3.63) is 14.4 Å². The average molecular weight is 312 g/mol. The van der Waals surface area contributed by atoms with Gasteiger partial charge in [-0.25, -0.2) is 9.97 Å². The van der Waals surface area contributed by atoms with E-state index in [2.05, 4.69) is 9.97 Å². The molecule has 0 saturated heterocycles. The number of hydrogen-bond donors (Lipinski definition) is 0. The number of nitriles is 1. The van der Waals surface area contributed by atoms with E-state index in [1.54, 1.807) is 0 Å². The zero-order chi connectivity index (χ0) is 9.14. The van der Waals surface area contributed by atoms with Crippen LogP contribution in [0.15, 0.2) is 5.16 Å². The summed E-state index contributed by atoms with van der Waals surface area (Å²) < 4.78 is 0.597. The Labute approximate surface area is 92.7 Å². The minimum atomic E-state index is 0.223. The summed E-state index contributed by atoms with van der Waals surface area (Å²) in [6.45, 7) is 0. The summed E-state index contributed by atoms with van der Waals surface area (Å²) in [4.78, 5) is 7.97. The van der Waals surface area contributed by atoms with Crippen molar-refractivity contribution in [2.24, 2.45) is 0 Å². The van der Waals surface area contributed by atoms with Gasteiger partial charge in [-0.3, -0.25) is 0 Å². The molecule has 1 rings (SSSR count). The van der Waals surface area contributed by atoms with Crippen molar-refractivity contribution < 1.29 is 0 Å². The molecule has 62 valence electrons. The maximum Gasteiger partial charge on any atom is 0.189 e. The lowest BCUT2D eigenvalue weighted by molar-refractivity contribution is 0.942. The highest BCUT2D eigenvalue weighted by Gasteiger charge is 2.09. The molecule has 12 heavy (non-hydrogen) atoms. The standard InChI is InChI=1S/C6H3ClIN3S/c1-12-6-10-4(7)3(2-9)5(8)11-6/h1H3. The molecular weight excluding hydrogens is 309 g/mol. The Morgan fingerprint density at radius 2 is 2.25 bits per heavy atom. The molecule has 0 unspecified atom stereocenters. The van der Waals surface area contributed by atoms with Crippen LogP contribution in [0.4, 0.5) is 0 Å². The van der Waals surface area contributed by atoms with Gasteiger partial charge in [-0.2, -0.15) is 5.26 Å². The van der Waals surface area contributed by atoms with Crippen LogP contribution in [0.2, 0.25) is 5.15 Å². The number of aromatic nitrogens is 2. The number of halogens is 2. The van der Waals surface area contributed by atoms with Gasteiger partial charge in [0, 0.05) is 0 Å². The van der Waals surface area contributed by atoms with E-state index in [1.165, 1.54) is 11.8 Å². The van der Waals surface area contributed by atoms with E-state index < -0.39 is 0 Å². The van der Waals surface area contributed by atoms with Gasteiger partial charge in [0.1, 0.15) is 15.3 Å². The third kappa shape index (κ3) is 2.00. The van der Waals surface area contributed by atoms with E-state index in [4.69, 9.17) is 16.9 Å². The van der Waals surface area contributed by atoms with Crippen LogP contribution in [0.5, 0.6) is 0 Å². The second-order valence-electron chi connectivity index (χ2n) is 1.78. The molecule has 0 saturated carbocycles. The second-order valence-corrected chi connectivity index (χ2v) is 3.93. The Morgan fingerprint density at radius 3 is 2.67 bits per heavy atom. The molecule has 0 aromatic carbocycles. The molecule has 0 bridgehead atoms. The Hall–Kier alpha value is -0.0600. The maximum absolute atomic E-state index is 8.64. The predicted molar refractivity (Wildman–Crippen MR) is 56.3 cm³/mol. The molecule has 0 N–H and O–H groups in total. The van der Waals surface area contributed by atoms with Gasteiger partial charge in [0.2, 0.25) is 0 Å². The smallest absolute Gasteiger partial charge is 0.189 e. The quantitative estimate of drug-likeness (QED) is 0.346. The van der Waals surface area contributed by atoms with Crippen LogP contribution in [-0.4, -0.2) is 16.2 Å². The largest absolute Gasteiger partial charge is 0.215 e. The predicted octanol–water partition coefficient (Wildman–Crippen LogP) is 2.33. The summed E-state index contributed by atoms with van der Waals surface area (Å²) >= 11 is 9.08. The summed E-state index contributed by atoms with van der Waals surface area (Å²) in [5, 5.41) is 9.45. The van der Waals surface area contributed by atoms with Crippen LogP contribution < -0.4 is 0 Å². The fraction of sp³-hybridized carbons (Fsp3) is 0.167. The molecule has 1 aromatic rings. The molecule has 0 atom stereocenters. The molecule has 0 aliphatic rings. The van der Waals surface area contributed by atoms with E-state index >= 15 is 0 Å². The molecular formula is C6H3ClIN3S. The van der Waals surface area contributed by atoms with E-state index in [0.29, 0.717) is 14.4 Å². The summed E-state index contributed by atoms with van der Waals surface area (Å²) in [7, 11) is 0. The SMILES string of the molecule is CSc1nc(Cl)c(C#N)c(I)n1. The van der Waals surface area contributed by atoms with Crippen molar-refractivity contribution in [2.75, 3.05) is 6.26 Å².